The number of benzene rings is 1. The topological polar surface area (TPSA) is 59.7 Å². The van der Waals surface area contributed by atoms with Crippen LogP contribution in [0, 0.1) is 0 Å². The third kappa shape index (κ3) is 3.75. The number of para-hydroxylation sites is 1. The van der Waals surface area contributed by atoms with E-state index < -0.39 is 0 Å². The summed E-state index contributed by atoms with van der Waals surface area (Å²) in [6, 6.07) is 11.1. The molecule has 1 aromatic heterocycles. The van der Waals surface area contributed by atoms with Crippen LogP contribution in [0.15, 0.2) is 46.9 Å². The van der Waals surface area contributed by atoms with Crippen LogP contribution in [-0.2, 0) is 11.2 Å². The van der Waals surface area contributed by atoms with Crippen molar-refractivity contribution in [3.8, 4) is 5.75 Å². The van der Waals surface area contributed by atoms with Gasteiger partial charge >= 0.3 is 0 Å². The van der Waals surface area contributed by atoms with Crippen LogP contribution in [0.3, 0.4) is 0 Å². The van der Waals surface area contributed by atoms with Gasteiger partial charge in [-0.05, 0) is 18.2 Å². The summed E-state index contributed by atoms with van der Waals surface area (Å²) in [5, 5.41) is 9.82. The van der Waals surface area contributed by atoms with Crippen molar-refractivity contribution in [2.24, 2.45) is 0 Å². The third-order valence-electron chi connectivity index (χ3n) is 3.12. The van der Waals surface area contributed by atoms with Crippen molar-refractivity contribution < 1.29 is 19.1 Å². The first kappa shape index (κ1) is 14.9. The van der Waals surface area contributed by atoms with Crippen LogP contribution in [0.5, 0.6) is 5.75 Å². The van der Waals surface area contributed by atoms with E-state index in [1.165, 1.54) is 6.08 Å². The number of hydrogen-bond donors (Lipinski definition) is 1. The van der Waals surface area contributed by atoms with Gasteiger partial charge in [0, 0.05) is 24.5 Å². The quantitative estimate of drug-likeness (QED) is 0.649. The van der Waals surface area contributed by atoms with Crippen molar-refractivity contribution >= 4 is 11.5 Å². The predicted molar refractivity (Wildman–Crippen MR) is 80.4 cm³/mol. The number of carbonyl (C=O) groups excluding carboxylic acids is 1. The number of aliphatic hydroxyl groups excluding tert-OH is 1. The van der Waals surface area contributed by atoms with E-state index in [4.69, 9.17) is 9.15 Å². The average molecular weight is 286 g/mol. The molecule has 0 bridgehead atoms. The van der Waals surface area contributed by atoms with Gasteiger partial charge in [0.25, 0.3) is 0 Å². The lowest BCUT2D eigenvalue weighted by atomic mass is 10.1. The zero-order valence-electron chi connectivity index (χ0n) is 12.1. The minimum Gasteiger partial charge on any atom is -0.504 e. The fourth-order valence-corrected chi connectivity index (χ4v) is 1.97. The van der Waals surface area contributed by atoms with E-state index >= 15 is 0 Å². The van der Waals surface area contributed by atoms with Crippen LogP contribution in [0.1, 0.15) is 30.4 Å². The highest BCUT2D eigenvalue weighted by molar-refractivity contribution is 5.94. The van der Waals surface area contributed by atoms with Crippen LogP contribution in [0.25, 0.3) is 5.76 Å². The Morgan fingerprint density at radius 1 is 1.29 bits per heavy atom. The SMILES string of the molecule is CCC(=O)C=C(O)c1ccc(Cc2ccccc2OC)o1. The molecule has 0 amide bonds. The molecule has 0 atom stereocenters. The van der Waals surface area contributed by atoms with E-state index in [9.17, 15) is 9.90 Å². The lowest BCUT2D eigenvalue weighted by Gasteiger charge is -2.06. The molecule has 1 N–H and O–H groups in total. The molecule has 1 heterocycles. The summed E-state index contributed by atoms with van der Waals surface area (Å²) in [6.45, 7) is 1.74. The normalized spacial score (nSPS) is 11.4. The van der Waals surface area contributed by atoms with Crippen LogP contribution in [0.2, 0.25) is 0 Å². The second-order valence-electron chi connectivity index (χ2n) is 4.60. The highest BCUT2D eigenvalue weighted by Gasteiger charge is 2.10. The van der Waals surface area contributed by atoms with Gasteiger partial charge in [0.05, 0.1) is 7.11 Å². The standard InChI is InChI=1S/C17H18O4/c1-3-13(18)11-15(19)17-9-8-14(21-17)10-12-6-4-5-7-16(12)20-2/h4-9,11,19H,3,10H2,1-2H3. The smallest absolute Gasteiger partial charge is 0.168 e. The number of rotatable bonds is 6. The summed E-state index contributed by atoms with van der Waals surface area (Å²) < 4.78 is 10.9. The largest absolute Gasteiger partial charge is 0.504 e. The van der Waals surface area contributed by atoms with Gasteiger partial charge in [-0.25, -0.2) is 0 Å². The Balaban J connectivity index is 2.17. The van der Waals surface area contributed by atoms with Gasteiger partial charge in [-0.2, -0.15) is 0 Å². The number of furan rings is 1. The number of ketones is 1. The van der Waals surface area contributed by atoms with Gasteiger partial charge in [-0.1, -0.05) is 25.1 Å². The van der Waals surface area contributed by atoms with Crippen molar-refractivity contribution in [2.45, 2.75) is 19.8 Å². The highest BCUT2D eigenvalue weighted by Crippen LogP contribution is 2.23. The second-order valence-corrected chi connectivity index (χ2v) is 4.60. The van der Waals surface area contributed by atoms with E-state index in [0.29, 0.717) is 24.4 Å². The van der Waals surface area contributed by atoms with E-state index in [-0.39, 0.29) is 11.5 Å². The Labute approximate surface area is 123 Å². The Bertz CT molecular complexity index is 652. The summed E-state index contributed by atoms with van der Waals surface area (Å²) in [6.07, 6.45) is 2.09. The van der Waals surface area contributed by atoms with Crippen molar-refractivity contribution in [2.75, 3.05) is 7.11 Å². The number of hydrogen-bond acceptors (Lipinski definition) is 4. The fraction of sp³-hybridized carbons (Fsp3) is 0.235. The van der Waals surface area contributed by atoms with E-state index in [1.54, 1.807) is 26.2 Å². The van der Waals surface area contributed by atoms with Gasteiger partial charge < -0.3 is 14.3 Å². The predicted octanol–water partition coefficient (Wildman–Crippen LogP) is 3.76. The first-order chi connectivity index (χ1) is 10.1. The molecular formula is C17H18O4. The number of ether oxygens (including phenoxy) is 1. The molecule has 4 heteroatoms. The van der Waals surface area contributed by atoms with Crippen molar-refractivity contribution in [3.63, 3.8) is 0 Å². The fourth-order valence-electron chi connectivity index (χ4n) is 1.97. The molecule has 4 nitrogen and oxygen atoms in total. The van der Waals surface area contributed by atoms with Crippen molar-refractivity contribution in [1.29, 1.82) is 0 Å². The molecule has 2 aromatic rings. The Hall–Kier alpha value is -2.49. The molecule has 0 aliphatic heterocycles. The summed E-state index contributed by atoms with van der Waals surface area (Å²) in [5.41, 5.74) is 0.994. The highest BCUT2D eigenvalue weighted by atomic mass is 16.5. The summed E-state index contributed by atoms with van der Waals surface area (Å²) >= 11 is 0. The van der Waals surface area contributed by atoms with Gasteiger partial charge in [0.2, 0.25) is 0 Å². The maximum Gasteiger partial charge on any atom is 0.168 e. The number of aliphatic hydroxyl groups is 1. The van der Waals surface area contributed by atoms with Crippen LogP contribution < -0.4 is 4.74 Å². The molecule has 21 heavy (non-hydrogen) atoms. The summed E-state index contributed by atoms with van der Waals surface area (Å²) in [7, 11) is 1.62. The zero-order chi connectivity index (χ0) is 15.2. The zero-order valence-corrected chi connectivity index (χ0v) is 12.1. The van der Waals surface area contributed by atoms with Crippen LogP contribution in [0.4, 0.5) is 0 Å². The second kappa shape index (κ2) is 6.79. The molecule has 1 aromatic carbocycles. The van der Waals surface area contributed by atoms with E-state index in [0.717, 1.165) is 11.3 Å². The molecule has 0 aliphatic carbocycles. The lowest BCUT2D eigenvalue weighted by Crippen LogP contribution is -1.92. The molecule has 0 radical (unpaired) electrons. The molecule has 0 saturated carbocycles. The van der Waals surface area contributed by atoms with Crippen LogP contribution >= 0.6 is 0 Å². The Kier molecular flexibility index (Phi) is 4.82. The maximum atomic E-state index is 11.3. The van der Waals surface area contributed by atoms with E-state index in [2.05, 4.69) is 0 Å². The first-order valence-corrected chi connectivity index (χ1v) is 6.78. The minimum atomic E-state index is -0.145. The average Bonchev–Trinajstić information content (AvgIpc) is 2.96. The first-order valence-electron chi connectivity index (χ1n) is 6.78. The lowest BCUT2D eigenvalue weighted by molar-refractivity contribution is -0.114. The summed E-state index contributed by atoms with van der Waals surface area (Å²) in [4.78, 5) is 11.3. The number of methoxy groups -OCH3 is 1. The molecule has 0 spiro atoms. The maximum absolute atomic E-state index is 11.3. The summed E-state index contributed by atoms with van der Waals surface area (Å²) in [5.74, 6) is 1.49. The third-order valence-corrected chi connectivity index (χ3v) is 3.12. The van der Waals surface area contributed by atoms with Crippen molar-refractivity contribution in [1.82, 2.24) is 0 Å². The van der Waals surface area contributed by atoms with E-state index in [1.807, 2.05) is 24.3 Å². The molecule has 110 valence electrons. The number of carbonyl (C=O) groups is 1. The Morgan fingerprint density at radius 3 is 2.76 bits per heavy atom. The molecule has 0 aliphatic rings. The Morgan fingerprint density at radius 2 is 2.05 bits per heavy atom. The number of allylic oxidation sites excluding steroid dienone is 1. The van der Waals surface area contributed by atoms with Gasteiger partial charge in [0.15, 0.2) is 17.3 Å². The molecular weight excluding hydrogens is 268 g/mol. The molecule has 0 saturated heterocycles. The van der Waals surface area contributed by atoms with Crippen LogP contribution in [-0.4, -0.2) is 18.0 Å². The minimum absolute atomic E-state index is 0.143. The monoisotopic (exact) mass is 286 g/mol. The van der Waals surface area contributed by atoms with Gasteiger partial charge in [-0.15, -0.1) is 0 Å². The van der Waals surface area contributed by atoms with Gasteiger partial charge in [0.1, 0.15) is 11.5 Å². The molecule has 2 rings (SSSR count). The molecule has 0 fully saturated rings. The molecule has 0 unspecified atom stereocenters. The van der Waals surface area contributed by atoms with Gasteiger partial charge in [-0.3, -0.25) is 4.79 Å². The van der Waals surface area contributed by atoms with Crippen molar-refractivity contribution in [3.05, 3.63) is 59.6 Å².